The normalized spacial score (nSPS) is 51.8. The van der Waals surface area contributed by atoms with Gasteiger partial charge in [0, 0.05) is 17.9 Å². The third-order valence-corrected chi connectivity index (χ3v) is 9.50. The molecule has 4 aliphatic rings. The Morgan fingerprint density at radius 1 is 1.11 bits per heavy atom. The molecule has 0 aromatic rings. The van der Waals surface area contributed by atoms with E-state index in [9.17, 15) is 15.0 Å². The van der Waals surface area contributed by atoms with Gasteiger partial charge in [-0.3, -0.25) is 4.79 Å². The Hall–Kier alpha value is -1.07. The maximum Gasteiger partial charge on any atom is 0.311 e. The predicted molar refractivity (Wildman–Crippen MR) is 141 cm³/mol. The van der Waals surface area contributed by atoms with Crippen LogP contribution >= 0.6 is 0 Å². The van der Waals surface area contributed by atoms with Crippen LogP contribution < -0.4 is 0 Å². The molecule has 0 saturated carbocycles. The Labute approximate surface area is 227 Å². The Bertz CT molecular complexity index is 926. The van der Waals surface area contributed by atoms with Crippen LogP contribution in [0.25, 0.3) is 0 Å². The summed E-state index contributed by atoms with van der Waals surface area (Å²) in [6, 6.07) is -0.151. The van der Waals surface area contributed by atoms with Crippen LogP contribution in [0, 0.1) is 17.8 Å². The average molecular weight is 540 g/mol. The van der Waals surface area contributed by atoms with E-state index >= 15 is 0 Å². The topological polar surface area (TPSA) is 107 Å². The number of aliphatic hydroxyl groups is 2. The highest BCUT2D eigenvalue weighted by molar-refractivity contribution is 5.73. The molecule has 0 radical (unpaired) electrons. The molecule has 9 nitrogen and oxygen atoms in total. The summed E-state index contributed by atoms with van der Waals surface area (Å²) in [5.74, 6) is -2.90. The number of ether oxygens (including phenoxy) is 5. The Morgan fingerprint density at radius 2 is 1.76 bits per heavy atom. The Balaban J connectivity index is 1.77. The monoisotopic (exact) mass is 539 g/mol. The number of carbonyl (C=O) groups excluding carboxylic acids is 1. The van der Waals surface area contributed by atoms with Gasteiger partial charge in [0.15, 0.2) is 12.1 Å². The lowest BCUT2D eigenvalue weighted by atomic mass is 9.78. The van der Waals surface area contributed by atoms with E-state index in [4.69, 9.17) is 23.7 Å². The number of aliphatic hydroxyl groups excluding tert-OH is 2. The van der Waals surface area contributed by atoms with E-state index in [1.165, 1.54) is 0 Å². The number of carbonyl (C=O) groups is 1. The minimum Gasteiger partial charge on any atom is -0.459 e. The molecule has 4 rings (SSSR count). The quantitative estimate of drug-likeness (QED) is 0.412. The van der Waals surface area contributed by atoms with Crippen LogP contribution in [-0.2, 0) is 28.5 Å². The van der Waals surface area contributed by atoms with E-state index in [1.807, 2.05) is 66.6 Å². The molecular weight excluding hydrogens is 490 g/mol. The van der Waals surface area contributed by atoms with Crippen LogP contribution in [0.3, 0.4) is 0 Å². The molecule has 0 unspecified atom stereocenters. The highest BCUT2D eigenvalue weighted by Gasteiger charge is 2.64. The minimum atomic E-state index is -1.07. The number of hydrogen-bond acceptors (Lipinski definition) is 9. The van der Waals surface area contributed by atoms with Crippen molar-refractivity contribution in [3.05, 3.63) is 11.6 Å². The standard InChI is InChI=1S/C29H49NO8/c1-11-21-27(7)13-15(2)29(37-27)16(3)14-28(8,38-29)24(18(5)22(31)19(6)25(33)35-21)36-26-23(32)20(30(9)10)12-17(4)34-26/h13,16-24,26,31-32H,11-12,14H2,1-10H3/t16-,17-,18+,19-,20+,21-,22+,23-,24-,26+,27+,28-,29-/m1/s1. The molecule has 3 saturated heterocycles. The summed E-state index contributed by atoms with van der Waals surface area (Å²) in [6.07, 6.45) is -0.437. The summed E-state index contributed by atoms with van der Waals surface area (Å²) < 4.78 is 32.4. The van der Waals surface area contributed by atoms with Crippen molar-refractivity contribution in [1.82, 2.24) is 4.90 Å². The van der Waals surface area contributed by atoms with Crippen LogP contribution in [0.4, 0.5) is 0 Å². The molecule has 0 aliphatic carbocycles. The highest BCUT2D eigenvalue weighted by Crippen LogP contribution is 2.56. The SMILES string of the molecule is CC[C@H]1OC(=O)[C@H](C)[C@@H](O)[C@H](C)[C@@H](O[C@@H]2O[C@H](C)C[C@H](N(C)C)[C@H]2O)[C@@]2(C)C[C@@H](C)[C@@]3(O2)O[C@@]1(C)C=C3C. The predicted octanol–water partition coefficient (Wildman–Crippen LogP) is 3.01. The first-order valence-corrected chi connectivity index (χ1v) is 14.2. The van der Waals surface area contributed by atoms with Gasteiger partial charge in [0.05, 0.1) is 29.8 Å². The Kier molecular flexibility index (Phi) is 8.18. The molecule has 13 atom stereocenters. The second-order valence-corrected chi connectivity index (χ2v) is 12.9. The molecular formula is C29H49NO8. The van der Waals surface area contributed by atoms with Crippen molar-refractivity contribution >= 4 is 5.97 Å². The van der Waals surface area contributed by atoms with Gasteiger partial charge in [0.2, 0.25) is 0 Å². The van der Waals surface area contributed by atoms with Crippen molar-refractivity contribution < 1.29 is 38.7 Å². The molecule has 4 aliphatic heterocycles. The third kappa shape index (κ3) is 4.86. The van der Waals surface area contributed by atoms with Gasteiger partial charge in [-0.05, 0) is 79.6 Å². The first-order chi connectivity index (χ1) is 17.6. The molecule has 1 spiro atoms. The van der Waals surface area contributed by atoms with Crippen molar-refractivity contribution in [2.75, 3.05) is 14.1 Å². The van der Waals surface area contributed by atoms with Crippen LogP contribution in [0.1, 0.15) is 74.7 Å². The van der Waals surface area contributed by atoms with E-state index in [0.29, 0.717) is 19.3 Å². The fourth-order valence-corrected chi connectivity index (χ4v) is 7.37. The van der Waals surface area contributed by atoms with Crippen LogP contribution in [0.2, 0.25) is 0 Å². The second-order valence-electron chi connectivity index (χ2n) is 12.9. The number of esters is 1. The van der Waals surface area contributed by atoms with Crippen molar-refractivity contribution in [2.24, 2.45) is 17.8 Å². The summed E-state index contributed by atoms with van der Waals surface area (Å²) >= 11 is 0. The fraction of sp³-hybridized carbons (Fsp3) is 0.897. The smallest absolute Gasteiger partial charge is 0.311 e. The number of cyclic esters (lactones) is 1. The molecule has 4 heterocycles. The van der Waals surface area contributed by atoms with E-state index in [0.717, 1.165) is 5.57 Å². The fourth-order valence-electron chi connectivity index (χ4n) is 7.37. The lowest BCUT2D eigenvalue weighted by molar-refractivity contribution is -0.327. The van der Waals surface area contributed by atoms with E-state index in [2.05, 4.69) is 6.92 Å². The van der Waals surface area contributed by atoms with Crippen LogP contribution in [0.5, 0.6) is 0 Å². The maximum absolute atomic E-state index is 13.3. The molecule has 9 heteroatoms. The largest absolute Gasteiger partial charge is 0.459 e. The maximum atomic E-state index is 13.3. The van der Waals surface area contributed by atoms with Crippen molar-refractivity contribution in [3.63, 3.8) is 0 Å². The lowest BCUT2D eigenvalue weighted by Crippen LogP contribution is -2.59. The van der Waals surface area contributed by atoms with Crippen LogP contribution in [-0.4, -0.2) is 95.0 Å². The average Bonchev–Trinajstić information content (AvgIpc) is 3.25. The third-order valence-electron chi connectivity index (χ3n) is 9.50. The summed E-state index contributed by atoms with van der Waals surface area (Å²) in [4.78, 5) is 15.3. The number of nitrogens with zero attached hydrogens (tertiary/aromatic N) is 1. The zero-order valence-electron chi connectivity index (χ0n) is 24.8. The Morgan fingerprint density at radius 3 is 2.37 bits per heavy atom. The molecule has 3 fully saturated rings. The van der Waals surface area contributed by atoms with Crippen molar-refractivity contribution in [3.8, 4) is 0 Å². The van der Waals surface area contributed by atoms with E-state index < -0.39 is 65.5 Å². The van der Waals surface area contributed by atoms with Gasteiger partial charge in [-0.2, -0.15) is 0 Å². The molecule has 218 valence electrons. The summed E-state index contributed by atoms with van der Waals surface area (Å²) in [5, 5.41) is 22.7. The van der Waals surface area contributed by atoms with Crippen LogP contribution in [0.15, 0.2) is 11.6 Å². The summed E-state index contributed by atoms with van der Waals surface area (Å²) in [7, 11) is 3.86. The molecule has 0 amide bonds. The van der Waals surface area contributed by atoms with E-state index in [-0.39, 0.29) is 18.1 Å². The molecule has 38 heavy (non-hydrogen) atoms. The molecule has 2 N–H and O–H groups in total. The zero-order chi connectivity index (χ0) is 28.4. The molecule has 3 bridgehead atoms. The van der Waals surface area contributed by atoms with Crippen molar-refractivity contribution in [2.45, 2.75) is 134 Å². The highest BCUT2D eigenvalue weighted by atomic mass is 16.8. The van der Waals surface area contributed by atoms with Gasteiger partial charge in [0.25, 0.3) is 0 Å². The molecule has 0 aromatic heterocycles. The first kappa shape index (κ1) is 29.9. The number of likely N-dealkylation sites (N-methyl/N-ethyl adjacent to an activating group) is 1. The molecule has 0 aromatic carbocycles. The van der Waals surface area contributed by atoms with Gasteiger partial charge in [0.1, 0.15) is 17.8 Å². The van der Waals surface area contributed by atoms with Gasteiger partial charge in [-0.15, -0.1) is 0 Å². The van der Waals surface area contributed by atoms with Gasteiger partial charge >= 0.3 is 5.97 Å². The summed E-state index contributed by atoms with van der Waals surface area (Å²) in [5.41, 5.74) is -0.848. The van der Waals surface area contributed by atoms with Crippen molar-refractivity contribution in [1.29, 1.82) is 0 Å². The minimum absolute atomic E-state index is 0.0435. The van der Waals surface area contributed by atoms with Gasteiger partial charge in [-0.25, -0.2) is 0 Å². The number of rotatable bonds is 4. The summed E-state index contributed by atoms with van der Waals surface area (Å²) in [6.45, 7) is 15.5. The first-order valence-electron chi connectivity index (χ1n) is 14.2. The van der Waals surface area contributed by atoms with E-state index in [1.54, 1.807) is 6.92 Å². The lowest BCUT2D eigenvalue weighted by Gasteiger charge is -2.47. The second kappa shape index (κ2) is 10.4. The number of hydrogen-bond donors (Lipinski definition) is 2. The van der Waals surface area contributed by atoms with Gasteiger partial charge in [-0.1, -0.05) is 20.8 Å². The zero-order valence-corrected chi connectivity index (χ0v) is 24.8. The van der Waals surface area contributed by atoms with Gasteiger partial charge < -0.3 is 38.8 Å². The number of fused-ring (bicyclic) bond motifs is 2.